The molecule has 5 N–H and O–H groups in total. The number of amides is 2. The van der Waals surface area contributed by atoms with Gasteiger partial charge in [-0.1, -0.05) is 0 Å². The van der Waals surface area contributed by atoms with E-state index in [9.17, 15) is 9.59 Å². The van der Waals surface area contributed by atoms with Crippen molar-refractivity contribution < 1.29 is 14.3 Å². The Morgan fingerprint density at radius 3 is 2.94 bits per heavy atom. The lowest BCUT2D eigenvalue weighted by atomic mass is 10.2. The van der Waals surface area contributed by atoms with Crippen molar-refractivity contribution in [3.05, 3.63) is 12.1 Å². The molecule has 0 spiro atoms. The molecule has 0 aromatic heterocycles. The van der Waals surface area contributed by atoms with Crippen LogP contribution < -0.4 is 26.4 Å². The minimum absolute atomic E-state index is 0.0249. The quantitative estimate of drug-likeness (QED) is 0.627. The second kappa shape index (κ2) is 4.44. The first-order valence-corrected chi connectivity index (χ1v) is 5.33. The lowest BCUT2D eigenvalue weighted by Crippen LogP contribution is -2.31. The van der Waals surface area contributed by atoms with Gasteiger partial charge < -0.3 is 26.4 Å². The van der Waals surface area contributed by atoms with Crippen molar-refractivity contribution in [2.45, 2.75) is 0 Å². The van der Waals surface area contributed by atoms with Crippen LogP contribution in [-0.4, -0.2) is 32.0 Å². The van der Waals surface area contributed by atoms with Crippen molar-refractivity contribution in [2.75, 3.05) is 36.1 Å². The topological polar surface area (TPSA) is 111 Å². The molecular formula is C11H14N4O3. The highest BCUT2D eigenvalue weighted by atomic mass is 16.5. The number of carbonyl (C=O) groups is 2. The predicted octanol–water partition coefficient (Wildman–Crippen LogP) is -0.479. The maximum atomic E-state index is 11.2. The molecule has 18 heavy (non-hydrogen) atoms. The largest absolute Gasteiger partial charge is 0.482 e. The van der Waals surface area contributed by atoms with Crippen molar-refractivity contribution in [2.24, 2.45) is 5.73 Å². The Hall–Kier alpha value is -2.44. The Bertz CT molecular complexity index is 515. The molecule has 1 aromatic carbocycles. The van der Waals surface area contributed by atoms with E-state index in [0.717, 1.165) is 0 Å². The highest BCUT2D eigenvalue weighted by Gasteiger charge is 2.19. The van der Waals surface area contributed by atoms with Gasteiger partial charge in [0, 0.05) is 13.1 Å². The number of nitrogen functional groups attached to an aromatic ring is 1. The van der Waals surface area contributed by atoms with Gasteiger partial charge in [0.05, 0.1) is 23.6 Å². The van der Waals surface area contributed by atoms with E-state index in [2.05, 4.69) is 5.32 Å². The minimum Gasteiger partial charge on any atom is -0.482 e. The molecule has 0 radical (unpaired) electrons. The third-order valence-corrected chi connectivity index (χ3v) is 2.57. The van der Waals surface area contributed by atoms with Gasteiger partial charge in [-0.3, -0.25) is 9.59 Å². The molecule has 7 nitrogen and oxygen atoms in total. The molecule has 0 fully saturated rings. The highest BCUT2D eigenvalue weighted by Crippen LogP contribution is 2.36. The van der Waals surface area contributed by atoms with E-state index in [1.54, 1.807) is 24.1 Å². The third kappa shape index (κ3) is 2.29. The second-order valence-electron chi connectivity index (χ2n) is 4.07. The third-order valence-electron chi connectivity index (χ3n) is 2.57. The van der Waals surface area contributed by atoms with Crippen molar-refractivity contribution >= 4 is 28.9 Å². The number of likely N-dealkylation sites (N-methyl/N-ethyl adjacent to an activating group) is 1. The number of carbonyl (C=O) groups excluding carboxylic acids is 2. The monoisotopic (exact) mass is 250 g/mol. The molecule has 2 amide bonds. The fraction of sp³-hybridized carbons (Fsp3) is 0.273. The van der Waals surface area contributed by atoms with Gasteiger partial charge in [-0.2, -0.15) is 0 Å². The predicted molar refractivity (Wildman–Crippen MR) is 67.4 cm³/mol. The summed E-state index contributed by atoms with van der Waals surface area (Å²) in [6, 6.07) is 3.27. The van der Waals surface area contributed by atoms with E-state index in [0.29, 0.717) is 22.8 Å². The molecule has 0 bridgehead atoms. The number of hydrogen-bond donors (Lipinski definition) is 3. The van der Waals surface area contributed by atoms with Crippen LogP contribution in [-0.2, 0) is 9.59 Å². The summed E-state index contributed by atoms with van der Waals surface area (Å²) in [6.45, 7) is 0.0146. The zero-order valence-corrected chi connectivity index (χ0v) is 9.90. The number of anilines is 3. The molecule has 2 rings (SSSR count). The summed E-state index contributed by atoms with van der Waals surface area (Å²) < 4.78 is 5.23. The second-order valence-corrected chi connectivity index (χ2v) is 4.07. The van der Waals surface area contributed by atoms with E-state index in [4.69, 9.17) is 16.2 Å². The van der Waals surface area contributed by atoms with E-state index in [-0.39, 0.29) is 19.1 Å². The Morgan fingerprint density at radius 2 is 2.28 bits per heavy atom. The van der Waals surface area contributed by atoms with E-state index in [1.807, 2.05) is 0 Å². The van der Waals surface area contributed by atoms with Gasteiger partial charge in [-0.25, -0.2) is 0 Å². The van der Waals surface area contributed by atoms with Gasteiger partial charge in [0.1, 0.15) is 5.75 Å². The number of nitrogens with one attached hydrogen (secondary N) is 1. The summed E-state index contributed by atoms with van der Waals surface area (Å²) in [5.74, 6) is -0.172. The average Bonchev–Trinajstić information content (AvgIpc) is 2.27. The Balaban J connectivity index is 2.34. The van der Waals surface area contributed by atoms with Crippen LogP contribution in [0.25, 0.3) is 0 Å². The van der Waals surface area contributed by atoms with E-state index < -0.39 is 5.91 Å². The lowest BCUT2D eigenvalue weighted by Gasteiger charge is -2.24. The van der Waals surface area contributed by atoms with Crippen LogP contribution in [0.2, 0.25) is 0 Å². The maximum Gasteiger partial charge on any atom is 0.262 e. The zero-order valence-electron chi connectivity index (χ0n) is 9.90. The first-order chi connectivity index (χ1) is 8.47. The van der Waals surface area contributed by atoms with E-state index >= 15 is 0 Å². The maximum absolute atomic E-state index is 11.2. The number of nitrogens with zero attached hydrogens (tertiary/aromatic N) is 1. The number of rotatable bonds is 3. The van der Waals surface area contributed by atoms with Crippen molar-refractivity contribution in [1.29, 1.82) is 0 Å². The van der Waals surface area contributed by atoms with Gasteiger partial charge in [-0.05, 0) is 6.07 Å². The molecule has 7 heteroatoms. The summed E-state index contributed by atoms with van der Waals surface area (Å²) >= 11 is 0. The fourth-order valence-corrected chi connectivity index (χ4v) is 1.78. The summed E-state index contributed by atoms with van der Waals surface area (Å²) in [5.41, 5.74) is 12.6. The Kier molecular flexibility index (Phi) is 2.97. The van der Waals surface area contributed by atoms with Crippen LogP contribution in [0, 0.1) is 0 Å². The first kappa shape index (κ1) is 12.0. The fourth-order valence-electron chi connectivity index (χ4n) is 1.78. The normalized spacial score (nSPS) is 13.3. The molecule has 1 aromatic rings. The van der Waals surface area contributed by atoms with Crippen LogP contribution in [0.5, 0.6) is 5.75 Å². The van der Waals surface area contributed by atoms with Crippen LogP contribution in [0.15, 0.2) is 12.1 Å². The number of hydrogen-bond acceptors (Lipinski definition) is 5. The molecule has 0 unspecified atom stereocenters. The van der Waals surface area contributed by atoms with Gasteiger partial charge >= 0.3 is 0 Å². The Labute approximate surface area is 104 Å². The summed E-state index contributed by atoms with van der Waals surface area (Å²) in [6.07, 6.45) is 0. The molecule has 0 saturated heterocycles. The first-order valence-electron chi connectivity index (χ1n) is 5.33. The molecule has 96 valence electrons. The molecule has 0 saturated carbocycles. The summed E-state index contributed by atoms with van der Waals surface area (Å²) in [5, 5.41) is 2.67. The smallest absolute Gasteiger partial charge is 0.262 e. The molecular weight excluding hydrogens is 236 g/mol. The van der Waals surface area contributed by atoms with Crippen molar-refractivity contribution in [3.63, 3.8) is 0 Å². The van der Waals surface area contributed by atoms with Gasteiger partial charge in [0.15, 0.2) is 6.61 Å². The van der Waals surface area contributed by atoms with Gasteiger partial charge in [-0.15, -0.1) is 0 Å². The van der Waals surface area contributed by atoms with Gasteiger partial charge in [0.25, 0.3) is 5.91 Å². The van der Waals surface area contributed by atoms with Crippen molar-refractivity contribution in [1.82, 2.24) is 0 Å². The van der Waals surface area contributed by atoms with Crippen molar-refractivity contribution in [3.8, 4) is 5.75 Å². The number of nitrogens with two attached hydrogens (primary N) is 2. The minimum atomic E-state index is -0.463. The molecule has 1 aliphatic heterocycles. The molecule has 1 aliphatic rings. The van der Waals surface area contributed by atoms with Gasteiger partial charge in [0.2, 0.25) is 5.91 Å². The molecule has 1 heterocycles. The number of benzene rings is 1. The standard InChI is InChI=1S/C11H14N4O3/c1-15(4-10(13)16)8-3-7-9(2-6(8)12)18-5-11(17)14-7/h2-3H,4-5,12H2,1H3,(H2,13,16)(H,14,17). The average molecular weight is 250 g/mol. The van der Waals surface area contributed by atoms with E-state index in [1.165, 1.54) is 0 Å². The lowest BCUT2D eigenvalue weighted by molar-refractivity contribution is -0.119. The molecule has 0 atom stereocenters. The number of fused-ring (bicyclic) bond motifs is 1. The number of primary amides is 1. The highest BCUT2D eigenvalue weighted by molar-refractivity contribution is 5.97. The summed E-state index contributed by atoms with van der Waals surface area (Å²) in [4.78, 5) is 23.7. The number of ether oxygens (including phenoxy) is 1. The van der Waals surface area contributed by atoms with Crippen LogP contribution in [0.3, 0.4) is 0 Å². The summed E-state index contributed by atoms with van der Waals surface area (Å²) in [7, 11) is 1.69. The molecule has 0 aliphatic carbocycles. The van der Waals surface area contributed by atoms with Crippen LogP contribution >= 0.6 is 0 Å². The Morgan fingerprint density at radius 1 is 1.56 bits per heavy atom. The van der Waals surface area contributed by atoms with Crippen LogP contribution in [0.1, 0.15) is 0 Å². The zero-order chi connectivity index (χ0) is 13.3. The van der Waals surface area contributed by atoms with Crippen LogP contribution in [0.4, 0.5) is 17.1 Å². The SMILES string of the molecule is CN(CC(N)=O)c1cc2c(cc1N)OCC(=O)N2.